The van der Waals surface area contributed by atoms with Crippen molar-refractivity contribution in [2.24, 2.45) is 0 Å². The van der Waals surface area contributed by atoms with Crippen molar-refractivity contribution in [2.45, 2.75) is 4.90 Å². The van der Waals surface area contributed by atoms with Crippen LogP contribution in [0.1, 0.15) is 0 Å². The fourth-order valence-electron chi connectivity index (χ4n) is 2.74. The molecule has 3 nitrogen and oxygen atoms in total. The number of benzene rings is 3. The van der Waals surface area contributed by atoms with Gasteiger partial charge in [0.15, 0.2) is 5.62 Å². The average molecular weight is 363 g/mol. The van der Waals surface area contributed by atoms with Crippen molar-refractivity contribution in [3.8, 4) is 5.69 Å². The number of anilines is 2. The van der Waals surface area contributed by atoms with E-state index in [2.05, 4.69) is 51.8 Å². The summed E-state index contributed by atoms with van der Waals surface area (Å²) in [4.78, 5) is 11.8. The van der Waals surface area contributed by atoms with Gasteiger partial charge in [-0.15, -0.1) is 4.57 Å². The third-order valence-electron chi connectivity index (χ3n) is 3.88. The fourth-order valence-corrected chi connectivity index (χ4v) is 4.14. The number of nitrogens with zero attached hydrogens (tertiary/aromatic N) is 1. The first-order valence-electron chi connectivity index (χ1n) is 7.80. The lowest BCUT2D eigenvalue weighted by atomic mass is 10.2. The number of hydrogen-bond acceptors (Lipinski definition) is 4. The van der Waals surface area contributed by atoms with Crippen molar-refractivity contribution in [2.75, 3.05) is 5.32 Å². The molecular formula is C20H15N2OS2+. The molecule has 0 aliphatic heterocycles. The van der Waals surface area contributed by atoms with Crippen LogP contribution >= 0.6 is 23.1 Å². The molecule has 1 N–H and O–H groups in total. The molecule has 25 heavy (non-hydrogen) atoms. The van der Waals surface area contributed by atoms with Crippen molar-refractivity contribution in [1.29, 1.82) is 0 Å². The Morgan fingerprint density at radius 2 is 1.80 bits per heavy atom. The highest BCUT2D eigenvalue weighted by atomic mass is 32.2. The SMILES string of the molecule is O=CSc1ccccc1Nc1cccc(-[n+]2csc3ccccc32)c1. The Morgan fingerprint density at radius 3 is 2.72 bits per heavy atom. The van der Waals surface area contributed by atoms with E-state index in [9.17, 15) is 4.79 Å². The van der Waals surface area contributed by atoms with Gasteiger partial charge in [0.1, 0.15) is 4.70 Å². The number of carbonyl (C=O) groups is 1. The maximum Gasteiger partial charge on any atom is 0.231 e. The van der Waals surface area contributed by atoms with E-state index < -0.39 is 0 Å². The van der Waals surface area contributed by atoms with Crippen molar-refractivity contribution in [3.05, 3.63) is 78.3 Å². The molecule has 1 heterocycles. The Kier molecular flexibility index (Phi) is 4.50. The van der Waals surface area contributed by atoms with Gasteiger partial charge in [-0.3, -0.25) is 4.79 Å². The lowest BCUT2D eigenvalue weighted by Gasteiger charge is -2.09. The zero-order valence-electron chi connectivity index (χ0n) is 13.3. The first-order valence-corrected chi connectivity index (χ1v) is 9.56. The van der Waals surface area contributed by atoms with Crippen molar-refractivity contribution in [1.82, 2.24) is 0 Å². The van der Waals surface area contributed by atoms with Crippen LogP contribution in [0.5, 0.6) is 0 Å². The molecule has 0 saturated heterocycles. The first-order chi connectivity index (χ1) is 12.3. The molecule has 5 heteroatoms. The van der Waals surface area contributed by atoms with E-state index >= 15 is 0 Å². The van der Waals surface area contributed by atoms with Gasteiger partial charge >= 0.3 is 0 Å². The summed E-state index contributed by atoms with van der Waals surface area (Å²) in [6.07, 6.45) is 0. The summed E-state index contributed by atoms with van der Waals surface area (Å²) in [5.74, 6) is 0. The van der Waals surface area contributed by atoms with Crippen LogP contribution in [-0.2, 0) is 4.79 Å². The maximum atomic E-state index is 10.8. The van der Waals surface area contributed by atoms with Gasteiger partial charge in [0.05, 0.1) is 5.69 Å². The van der Waals surface area contributed by atoms with E-state index in [0.717, 1.165) is 27.6 Å². The van der Waals surface area contributed by atoms with Gasteiger partial charge in [-0.1, -0.05) is 53.4 Å². The number of para-hydroxylation sites is 2. The average Bonchev–Trinajstić information content (AvgIpc) is 3.08. The van der Waals surface area contributed by atoms with Crippen molar-refractivity contribution >= 4 is 50.3 Å². The molecule has 0 spiro atoms. The Labute approximate surface area is 153 Å². The minimum atomic E-state index is 0.851. The minimum Gasteiger partial charge on any atom is -0.354 e. The normalized spacial score (nSPS) is 10.7. The van der Waals surface area contributed by atoms with Crippen LogP contribution in [-0.4, -0.2) is 5.62 Å². The van der Waals surface area contributed by atoms with Crippen LogP contribution in [0.15, 0.2) is 83.2 Å². The zero-order valence-corrected chi connectivity index (χ0v) is 14.9. The molecule has 1 aromatic heterocycles. The lowest BCUT2D eigenvalue weighted by molar-refractivity contribution is -0.562. The number of fused-ring (bicyclic) bond motifs is 1. The van der Waals surface area contributed by atoms with Crippen LogP contribution in [0, 0.1) is 0 Å². The molecular weight excluding hydrogens is 348 g/mol. The number of thiazole rings is 1. The Bertz CT molecular complexity index is 1040. The van der Waals surface area contributed by atoms with E-state index in [4.69, 9.17) is 0 Å². The molecule has 122 valence electrons. The van der Waals surface area contributed by atoms with Crippen molar-refractivity contribution < 1.29 is 9.36 Å². The topological polar surface area (TPSA) is 33.0 Å². The standard InChI is InChI=1S/C20H15N2OS2/c23-14-25-19-10-3-1-8-17(19)21-15-6-5-7-16(12-15)22-13-24-20-11-4-2-9-18(20)22/h1-14,21H/q+1. The first kappa shape index (κ1) is 15.9. The van der Waals surface area contributed by atoms with Crippen LogP contribution in [0.2, 0.25) is 0 Å². The number of nitrogens with one attached hydrogen (secondary N) is 1. The molecule has 3 aromatic carbocycles. The Balaban J connectivity index is 1.70. The lowest BCUT2D eigenvalue weighted by Crippen LogP contribution is -2.27. The van der Waals surface area contributed by atoms with E-state index in [1.54, 1.807) is 11.3 Å². The van der Waals surface area contributed by atoms with Gasteiger partial charge in [-0.05, 0) is 24.3 Å². The van der Waals surface area contributed by atoms with Gasteiger partial charge in [0.2, 0.25) is 16.7 Å². The summed E-state index contributed by atoms with van der Waals surface area (Å²) in [5.41, 5.74) is 7.19. The quantitative estimate of drug-likeness (QED) is 0.300. The van der Waals surface area contributed by atoms with Crippen LogP contribution < -0.4 is 9.88 Å². The summed E-state index contributed by atoms with van der Waals surface area (Å²) < 4.78 is 3.45. The summed E-state index contributed by atoms with van der Waals surface area (Å²) in [5, 5.41) is 3.42. The predicted octanol–water partition coefficient (Wildman–Crippen LogP) is 5.20. The second-order valence-corrected chi connectivity index (χ2v) is 7.20. The van der Waals surface area contributed by atoms with Crippen LogP contribution in [0.25, 0.3) is 15.9 Å². The highest BCUT2D eigenvalue weighted by Crippen LogP contribution is 2.28. The van der Waals surface area contributed by atoms with E-state index in [-0.39, 0.29) is 0 Å². The maximum absolute atomic E-state index is 10.8. The number of thioether (sulfide) groups is 1. The number of aromatic nitrogens is 1. The van der Waals surface area contributed by atoms with Gasteiger partial charge in [0.25, 0.3) is 0 Å². The summed E-state index contributed by atoms with van der Waals surface area (Å²) in [7, 11) is 0. The minimum absolute atomic E-state index is 0.851. The number of rotatable bonds is 5. The molecule has 0 fully saturated rings. The number of hydrogen-bond donors (Lipinski definition) is 1. The smallest absolute Gasteiger partial charge is 0.231 e. The molecule has 0 saturated carbocycles. The predicted molar refractivity (Wildman–Crippen MR) is 106 cm³/mol. The van der Waals surface area contributed by atoms with Gasteiger partial charge in [-0.2, -0.15) is 0 Å². The van der Waals surface area contributed by atoms with Crippen LogP contribution in [0.4, 0.5) is 11.4 Å². The Morgan fingerprint density at radius 1 is 0.960 bits per heavy atom. The fraction of sp³-hybridized carbons (Fsp3) is 0. The highest BCUT2D eigenvalue weighted by Gasteiger charge is 2.14. The van der Waals surface area contributed by atoms with Gasteiger partial charge in [-0.25, -0.2) is 0 Å². The number of carbonyl (C=O) groups excluding carboxylic acids is 1. The zero-order chi connectivity index (χ0) is 17.1. The molecule has 0 aliphatic carbocycles. The highest BCUT2D eigenvalue weighted by molar-refractivity contribution is 8.12. The largest absolute Gasteiger partial charge is 0.354 e. The molecule has 0 atom stereocenters. The monoisotopic (exact) mass is 363 g/mol. The molecule has 0 unspecified atom stereocenters. The summed E-state index contributed by atoms with van der Waals surface area (Å²) >= 11 is 2.91. The molecule has 4 aromatic rings. The van der Waals surface area contributed by atoms with Gasteiger partial charge in [0, 0.05) is 28.8 Å². The van der Waals surface area contributed by atoms with Crippen molar-refractivity contribution in [3.63, 3.8) is 0 Å². The third kappa shape index (κ3) is 3.29. The van der Waals surface area contributed by atoms with E-state index in [1.807, 2.05) is 36.4 Å². The summed E-state index contributed by atoms with van der Waals surface area (Å²) in [6, 6.07) is 24.4. The second kappa shape index (κ2) is 7.09. The van der Waals surface area contributed by atoms with E-state index in [0.29, 0.717) is 0 Å². The molecule has 0 amide bonds. The molecule has 0 aliphatic rings. The molecule has 0 radical (unpaired) electrons. The molecule has 4 rings (SSSR count). The van der Waals surface area contributed by atoms with E-state index in [1.165, 1.54) is 22.0 Å². The van der Waals surface area contributed by atoms with Crippen LogP contribution in [0.3, 0.4) is 0 Å². The Hall–Kier alpha value is -2.63. The van der Waals surface area contributed by atoms with Gasteiger partial charge < -0.3 is 5.32 Å². The summed E-state index contributed by atoms with van der Waals surface area (Å²) in [6.45, 7) is 0. The molecule has 0 bridgehead atoms. The second-order valence-electron chi connectivity index (χ2n) is 5.45. The third-order valence-corrected chi connectivity index (χ3v) is 5.50.